The van der Waals surface area contributed by atoms with Crippen molar-refractivity contribution in [1.29, 1.82) is 0 Å². The first kappa shape index (κ1) is 18.9. The zero-order valence-corrected chi connectivity index (χ0v) is 13.3. The van der Waals surface area contributed by atoms with E-state index in [2.05, 4.69) is 4.74 Å². The van der Waals surface area contributed by atoms with E-state index in [0.717, 1.165) is 12.0 Å². The van der Waals surface area contributed by atoms with E-state index in [0.29, 0.717) is 5.56 Å². The maximum atomic E-state index is 13.1. The van der Waals surface area contributed by atoms with Gasteiger partial charge in [0.15, 0.2) is 0 Å². The number of benzene rings is 1. The molecule has 0 spiro atoms. The number of rotatable bonds is 7. The first-order valence-electron chi connectivity index (χ1n) is 7.08. The van der Waals surface area contributed by atoms with Crippen molar-refractivity contribution in [3.05, 3.63) is 35.9 Å². The fourth-order valence-corrected chi connectivity index (χ4v) is 2.12. The van der Waals surface area contributed by atoms with Crippen LogP contribution in [0.4, 0.5) is 13.6 Å². The molecule has 23 heavy (non-hydrogen) atoms. The van der Waals surface area contributed by atoms with Crippen LogP contribution in [0.5, 0.6) is 0 Å². The van der Waals surface area contributed by atoms with Crippen LogP contribution >= 0.6 is 0 Å². The van der Waals surface area contributed by atoms with Gasteiger partial charge in [0.1, 0.15) is 6.04 Å². The number of carboxylic acids is 1. The lowest BCUT2D eigenvalue weighted by molar-refractivity contribution is -0.145. The Morgan fingerprint density at radius 2 is 1.83 bits per heavy atom. The zero-order valence-electron chi connectivity index (χ0n) is 13.3. The molecule has 1 atom stereocenters. The highest BCUT2D eigenvalue weighted by molar-refractivity contribution is 5.80. The van der Waals surface area contributed by atoms with Gasteiger partial charge < -0.3 is 9.84 Å². The van der Waals surface area contributed by atoms with Gasteiger partial charge >= 0.3 is 12.1 Å². The predicted molar refractivity (Wildman–Crippen MR) is 80.2 cm³/mol. The van der Waals surface area contributed by atoms with Crippen molar-refractivity contribution in [2.45, 2.75) is 39.3 Å². The van der Waals surface area contributed by atoms with Crippen LogP contribution in [-0.4, -0.2) is 41.6 Å². The average Bonchev–Trinajstić information content (AvgIpc) is 2.50. The van der Waals surface area contributed by atoms with Crippen LogP contribution in [0.15, 0.2) is 30.3 Å². The fourth-order valence-electron chi connectivity index (χ4n) is 2.12. The molecule has 0 aliphatic rings. The third kappa shape index (κ3) is 5.19. The standard InChI is InChI=1S/C16H21F2NO4/c1-16(2,14(17)18)9-12(13(20)21)19(15(22)23-3)10-11-7-5-4-6-8-11/h4-8,12,14H,9-10H2,1-3H3,(H,20,21). The number of methoxy groups -OCH3 is 1. The minimum absolute atomic E-state index is 0.0379. The van der Waals surface area contributed by atoms with E-state index >= 15 is 0 Å². The molecule has 1 unspecified atom stereocenters. The van der Waals surface area contributed by atoms with Crippen molar-refractivity contribution < 1.29 is 28.2 Å². The van der Waals surface area contributed by atoms with E-state index in [4.69, 9.17) is 0 Å². The first-order chi connectivity index (χ1) is 10.7. The van der Waals surface area contributed by atoms with Gasteiger partial charge in [0.2, 0.25) is 6.43 Å². The van der Waals surface area contributed by atoms with Gasteiger partial charge in [0, 0.05) is 12.0 Å². The van der Waals surface area contributed by atoms with Crippen molar-refractivity contribution in [2.24, 2.45) is 5.41 Å². The molecule has 0 saturated heterocycles. The highest BCUT2D eigenvalue weighted by atomic mass is 19.3. The summed E-state index contributed by atoms with van der Waals surface area (Å²) in [5.41, 5.74) is -0.870. The molecular weight excluding hydrogens is 308 g/mol. The van der Waals surface area contributed by atoms with E-state index in [-0.39, 0.29) is 13.0 Å². The minimum Gasteiger partial charge on any atom is -0.480 e. The van der Waals surface area contributed by atoms with Crippen molar-refractivity contribution in [2.75, 3.05) is 7.11 Å². The Morgan fingerprint density at radius 3 is 2.26 bits per heavy atom. The minimum atomic E-state index is -2.71. The average molecular weight is 329 g/mol. The molecule has 1 aromatic rings. The Morgan fingerprint density at radius 1 is 1.26 bits per heavy atom. The largest absolute Gasteiger partial charge is 0.480 e. The fraction of sp³-hybridized carbons (Fsp3) is 0.500. The van der Waals surface area contributed by atoms with E-state index in [1.54, 1.807) is 30.3 Å². The van der Waals surface area contributed by atoms with Crippen LogP contribution in [-0.2, 0) is 16.1 Å². The number of alkyl halides is 2. The first-order valence-corrected chi connectivity index (χ1v) is 7.08. The molecule has 0 radical (unpaired) electrons. The third-order valence-corrected chi connectivity index (χ3v) is 3.58. The highest BCUT2D eigenvalue weighted by Gasteiger charge is 2.39. The quantitative estimate of drug-likeness (QED) is 0.833. The van der Waals surface area contributed by atoms with Crippen LogP contribution in [0, 0.1) is 5.41 Å². The molecule has 0 fully saturated rings. The number of halogens is 2. The predicted octanol–water partition coefficient (Wildman–Crippen LogP) is 3.39. The maximum Gasteiger partial charge on any atom is 0.410 e. The van der Waals surface area contributed by atoms with Crippen LogP contribution in [0.25, 0.3) is 0 Å². The number of amides is 1. The van der Waals surface area contributed by atoms with Crippen molar-refractivity contribution in [3.63, 3.8) is 0 Å². The lowest BCUT2D eigenvalue weighted by atomic mass is 9.85. The van der Waals surface area contributed by atoms with Crippen LogP contribution in [0.1, 0.15) is 25.8 Å². The van der Waals surface area contributed by atoms with Gasteiger partial charge in [-0.1, -0.05) is 44.2 Å². The third-order valence-electron chi connectivity index (χ3n) is 3.58. The Hall–Kier alpha value is -2.18. The van der Waals surface area contributed by atoms with E-state index in [1.807, 2.05) is 0 Å². The lowest BCUT2D eigenvalue weighted by Crippen LogP contribution is -2.47. The summed E-state index contributed by atoms with van der Waals surface area (Å²) in [4.78, 5) is 24.5. The molecule has 0 aliphatic carbocycles. The summed E-state index contributed by atoms with van der Waals surface area (Å²) >= 11 is 0. The molecule has 0 saturated carbocycles. The summed E-state index contributed by atoms with van der Waals surface area (Å²) in [6.07, 6.45) is -3.96. The Labute approximate surface area is 133 Å². The normalized spacial score (nSPS) is 12.8. The topological polar surface area (TPSA) is 66.8 Å². The van der Waals surface area contributed by atoms with Gasteiger partial charge in [-0.25, -0.2) is 18.4 Å². The molecular formula is C16H21F2NO4. The van der Waals surface area contributed by atoms with Crippen LogP contribution in [0.3, 0.4) is 0 Å². The number of nitrogens with zero attached hydrogens (tertiary/aromatic N) is 1. The summed E-state index contributed by atoms with van der Waals surface area (Å²) in [5.74, 6) is -1.35. The molecule has 1 aromatic carbocycles. The molecule has 5 nitrogen and oxygen atoms in total. The highest BCUT2D eigenvalue weighted by Crippen LogP contribution is 2.32. The maximum absolute atomic E-state index is 13.1. The van der Waals surface area contributed by atoms with E-state index in [9.17, 15) is 23.5 Å². The van der Waals surface area contributed by atoms with Gasteiger partial charge in [-0.3, -0.25) is 4.90 Å². The molecule has 0 aromatic heterocycles. The van der Waals surface area contributed by atoms with Crippen molar-refractivity contribution in [3.8, 4) is 0 Å². The van der Waals surface area contributed by atoms with Crippen LogP contribution < -0.4 is 0 Å². The van der Waals surface area contributed by atoms with Gasteiger partial charge in [-0.15, -0.1) is 0 Å². The summed E-state index contributed by atoms with van der Waals surface area (Å²) in [7, 11) is 1.12. The van der Waals surface area contributed by atoms with E-state index in [1.165, 1.54) is 13.8 Å². The Kier molecular flexibility index (Phi) is 6.48. The lowest BCUT2D eigenvalue weighted by Gasteiger charge is -2.33. The Bertz CT molecular complexity index is 534. The Balaban J connectivity index is 3.09. The summed E-state index contributed by atoms with van der Waals surface area (Å²) in [5, 5.41) is 9.42. The van der Waals surface area contributed by atoms with Crippen molar-refractivity contribution >= 4 is 12.1 Å². The molecule has 0 heterocycles. The number of carbonyl (C=O) groups excluding carboxylic acids is 1. The number of hydrogen-bond acceptors (Lipinski definition) is 3. The number of aliphatic carboxylic acids is 1. The molecule has 0 aliphatic heterocycles. The molecule has 7 heteroatoms. The van der Waals surface area contributed by atoms with Gasteiger partial charge in [0.25, 0.3) is 0 Å². The number of carboxylic acid groups (broad SMARTS) is 1. The van der Waals surface area contributed by atoms with Crippen LogP contribution in [0.2, 0.25) is 0 Å². The number of ether oxygens (including phenoxy) is 1. The van der Waals surface area contributed by atoms with Gasteiger partial charge in [0.05, 0.1) is 7.11 Å². The summed E-state index contributed by atoms with van der Waals surface area (Å²) in [6.45, 7) is 2.50. The second kappa shape index (κ2) is 7.89. The summed E-state index contributed by atoms with van der Waals surface area (Å²) in [6, 6.07) is 7.28. The zero-order chi connectivity index (χ0) is 17.6. The molecule has 1 amide bonds. The number of hydrogen-bond donors (Lipinski definition) is 1. The van der Waals surface area contributed by atoms with Gasteiger partial charge in [-0.05, 0) is 12.0 Å². The molecule has 1 rings (SSSR count). The van der Waals surface area contributed by atoms with Crippen molar-refractivity contribution in [1.82, 2.24) is 4.90 Å². The second-order valence-corrected chi connectivity index (χ2v) is 5.93. The number of carbonyl (C=O) groups is 2. The monoisotopic (exact) mass is 329 g/mol. The second-order valence-electron chi connectivity index (χ2n) is 5.93. The van der Waals surface area contributed by atoms with E-state index < -0.39 is 29.9 Å². The summed E-state index contributed by atoms with van der Waals surface area (Å²) < 4.78 is 30.8. The molecule has 1 N–H and O–H groups in total. The smallest absolute Gasteiger partial charge is 0.410 e. The SMILES string of the molecule is COC(=O)N(Cc1ccccc1)C(CC(C)(C)C(F)F)C(=O)O. The molecule has 0 bridgehead atoms. The molecule has 128 valence electrons. The van der Waals surface area contributed by atoms with Gasteiger partial charge in [-0.2, -0.15) is 0 Å².